The quantitative estimate of drug-likeness (QED) is 0.723. The highest BCUT2D eigenvalue weighted by Gasteiger charge is 2.48. The summed E-state index contributed by atoms with van der Waals surface area (Å²) in [5.74, 6) is -3.27. The maximum absolute atomic E-state index is 12.5. The van der Waals surface area contributed by atoms with Gasteiger partial charge < -0.3 is 10.6 Å². The molecule has 2 rings (SSSR count). The maximum atomic E-state index is 12.5. The second-order valence-corrected chi connectivity index (χ2v) is 4.51. The normalized spacial score (nSPS) is 30.7. The summed E-state index contributed by atoms with van der Waals surface area (Å²) < 4.78 is 25.1. The Labute approximate surface area is 87.6 Å². The third-order valence-electron chi connectivity index (χ3n) is 3.10. The largest absolute Gasteiger partial charge is 0.352 e. The summed E-state index contributed by atoms with van der Waals surface area (Å²) in [6, 6.07) is 0.125. The number of hydrogen-bond acceptors (Lipinski definition) is 2. The zero-order valence-electron chi connectivity index (χ0n) is 8.56. The van der Waals surface area contributed by atoms with Crippen molar-refractivity contribution in [3.63, 3.8) is 0 Å². The van der Waals surface area contributed by atoms with Crippen molar-refractivity contribution in [3.05, 3.63) is 0 Å². The molecule has 2 fully saturated rings. The molecule has 15 heavy (non-hydrogen) atoms. The molecule has 1 saturated carbocycles. The lowest BCUT2D eigenvalue weighted by atomic mass is 9.80. The summed E-state index contributed by atoms with van der Waals surface area (Å²) in [5, 5.41) is 5.99. The minimum absolute atomic E-state index is 0.125. The molecule has 0 aromatic heterocycles. The molecule has 1 atom stereocenters. The zero-order chi connectivity index (χ0) is 10.9. The summed E-state index contributed by atoms with van der Waals surface area (Å²) in [4.78, 5) is 11.5. The van der Waals surface area contributed by atoms with Crippen LogP contribution in [0.5, 0.6) is 0 Å². The molecule has 0 radical (unpaired) electrons. The lowest BCUT2D eigenvalue weighted by molar-refractivity contribution is -0.150. The molecule has 2 aliphatic rings. The van der Waals surface area contributed by atoms with Crippen LogP contribution < -0.4 is 10.6 Å². The van der Waals surface area contributed by atoms with Gasteiger partial charge in [-0.2, -0.15) is 0 Å². The van der Waals surface area contributed by atoms with Gasteiger partial charge in [0.05, 0.1) is 0 Å². The van der Waals surface area contributed by atoms with Gasteiger partial charge in [-0.3, -0.25) is 4.79 Å². The van der Waals surface area contributed by atoms with Gasteiger partial charge >= 0.3 is 0 Å². The molecular weight excluding hydrogens is 202 g/mol. The highest BCUT2D eigenvalue weighted by molar-refractivity contribution is 5.80. The predicted octanol–water partition coefficient (Wildman–Crippen LogP) is 0.900. The molecule has 3 nitrogen and oxygen atoms in total. The van der Waals surface area contributed by atoms with Crippen molar-refractivity contribution >= 4 is 5.91 Å². The topological polar surface area (TPSA) is 41.1 Å². The minimum atomic E-state index is -2.60. The van der Waals surface area contributed by atoms with E-state index in [1.807, 2.05) is 0 Å². The fourth-order valence-electron chi connectivity index (χ4n) is 2.14. The van der Waals surface area contributed by atoms with Gasteiger partial charge in [-0.25, -0.2) is 8.78 Å². The number of rotatable bonds is 2. The fourth-order valence-corrected chi connectivity index (χ4v) is 2.14. The molecule has 1 amide bonds. The molecular formula is C10H16F2N2O. The average molecular weight is 218 g/mol. The number of hydrogen-bond donors (Lipinski definition) is 2. The Kier molecular flexibility index (Phi) is 2.91. The molecule has 0 aromatic rings. The van der Waals surface area contributed by atoms with Gasteiger partial charge in [0.25, 0.3) is 0 Å². The van der Waals surface area contributed by atoms with E-state index < -0.39 is 11.8 Å². The second-order valence-electron chi connectivity index (χ2n) is 4.51. The molecule has 86 valence electrons. The molecule has 2 N–H and O–H groups in total. The second kappa shape index (κ2) is 4.04. The lowest BCUT2D eigenvalue weighted by Gasteiger charge is -2.35. The first-order valence-electron chi connectivity index (χ1n) is 5.46. The van der Waals surface area contributed by atoms with Gasteiger partial charge in [-0.1, -0.05) is 0 Å². The van der Waals surface area contributed by atoms with Crippen LogP contribution in [0.3, 0.4) is 0 Å². The van der Waals surface area contributed by atoms with E-state index in [-0.39, 0.29) is 24.8 Å². The van der Waals surface area contributed by atoms with Crippen molar-refractivity contribution in [2.45, 2.75) is 37.6 Å². The molecule has 1 saturated heterocycles. The van der Waals surface area contributed by atoms with E-state index in [4.69, 9.17) is 0 Å². The first-order chi connectivity index (χ1) is 7.07. The third-order valence-corrected chi connectivity index (χ3v) is 3.10. The summed E-state index contributed by atoms with van der Waals surface area (Å²) in [5.41, 5.74) is 0. The van der Waals surface area contributed by atoms with Crippen LogP contribution in [-0.2, 0) is 4.79 Å². The van der Waals surface area contributed by atoms with Crippen molar-refractivity contribution in [1.82, 2.24) is 10.6 Å². The Hall–Kier alpha value is -0.710. The highest BCUT2D eigenvalue weighted by Crippen LogP contribution is 2.42. The Morgan fingerprint density at radius 2 is 2.13 bits per heavy atom. The van der Waals surface area contributed by atoms with E-state index in [2.05, 4.69) is 10.6 Å². The number of piperidine rings is 1. The minimum Gasteiger partial charge on any atom is -0.352 e. The molecule has 1 aliphatic carbocycles. The fraction of sp³-hybridized carbons (Fsp3) is 0.900. The molecule has 1 unspecified atom stereocenters. The van der Waals surface area contributed by atoms with E-state index in [1.165, 1.54) is 0 Å². The summed E-state index contributed by atoms with van der Waals surface area (Å²) in [7, 11) is 0. The number of carbonyl (C=O) groups is 1. The first-order valence-corrected chi connectivity index (χ1v) is 5.46. The van der Waals surface area contributed by atoms with E-state index >= 15 is 0 Å². The Bertz CT molecular complexity index is 244. The smallest absolute Gasteiger partial charge is 0.249 e. The van der Waals surface area contributed by atoms with Gasteiger partial charge in [0.2, 0.25) is 11.8 Å². The van der Waals surface area contributed by atoms with Crippen LogP contribution in [0.25, 0.3) is 0 Å². The van der Waals surface area contributed by atoms with E-state index in [0.717, 1.165) is 25.9 Å². The number of halogens is 2. The van der Waals surface area contributed by atoms with Crippen LogP contribution in [0.15, 0.2) is 0 Å². The molecule has 0 bridgehead atoms. The highest BCUT2D eigenvalue weighted by atomic mass is 19.3. The Morgan fingerprint density at radius 3 is 2.67 bits per heavy atom. The van der Waals surface area contributed by atoms with Crippen LogP contribution in [0.1, 0.15) is 25.7 Å². The molecule has 0 aromatic carbocycles. The molecule has 1 heterocycles. The number of nitrogens with one attached hydrogen (secondary N) is 2. The average Bonchev–Trinajstić information content (AvgIpc) is 2.15. The standard InChI is InChI=1S/C10H16F2N2O/c11-10(12)4-7(5-10)9(15)14-8-2-1-3-13-6-8/h7-8,13H,1-6H2,(H,14,15). The van der Waals surface area contributed by atoms with Crippen LogP contribution in [-0.4, -0.2) is 31.0 Å². The van der Waals surface area contributed by atoms with E-state index in [1.54, 1.807) is 0 Å². The zero-order valence-corrected chi connectivity index (χ0v) is 8.56. The molecule has 1 aliphatic heterocycles. The Morgan fingerprint density at radius 1 is 1.40 bits per heavy atom. The lowest BCUT2D eigenvalue weighted by Crippen LogP contribution is -2.51. The van der Waals surface area contributed by atoms with Gasteiger partial charge in [0.1, 0.15) is 0 Å². The summed E-state index contributed by atoms with van der Waals surface area (Å²) in [6.45, 7) is 1.74. The van der Waals surface area contributed by atoms with Crippen molar-refractivity contribution in [1.29, 1.82) is 0 Å². The summed E-state index contributed by atoms with van der Waals surface area (Å²) in [6.07, 6.45) is 1.42. The van der Waals surface area contributed by atoms with E-state index in [0.29, 0.717) is 0 Å². The first kappa shape index (κ1) is 10.8. The van der Waals surface area contributed by atoms with Crippen molar-refractivity contribution in [3.8, 4) is 0 Å². The summed E-state index contributed by atoms with van der Waals surface area (Å²) >= 11 is 0. The predicted molar refractivity (Wildman–Crippen MR) is 51.7 cm³/mol. The SMILES string of the molecule is O=C(NC1CCCNC1)C1CC(F)(F)C1. The third kappa shape index (κ3) is 2.65. The van der Waals surface area contributed by atoms with Crippen LogP contribution >= 0.6 is 0 Å². The van der Waals surface area contributed by atoms with Crippen LogP contribution in [0, 0.1) is 5.92 Å². The number of amides is 1. The van der Waals surface area contributed by atoms with Crippen LogP contribution in [0.2, 0.25) is 0 Å². The van der Waals surface area contributed by atoms with E-state index in [9.17, 15) is 13.6 Å². The monoisotopic (exact) mass is 218 g/mol. The van der Waals surface area contributed by atoms with Gasteiger partial charge in [0, 0.05) is 31.3 Å². The molecule has 0 spiro atoms. The van der Waals surface area contributed by atoms with Gasteiger partial charge in [0.15, 0.2) is 0 Å². The van der Waals surface area contributed by atoms with Crippen molar-refractivity contribution in [2.75, 3.05) is 13.1 Å². The Balaban J connectivity index is 1.73. The number of alkyl halides is 2. The molecule has 5 heteroatoms. The van der Waals surface area contributed by atoms with Crippen LogP contribution in [0.4, 0.5) is 8.78 Å². The van der Waals surface area contributed by atoms with Crippen molar-refractivity contribution in [2.24, 2.45) is 5.92 Å². The van der Waals surface area contributed by atoms with Gasteiger partial charge in [-0.15, -0.1) is 0 Å². The number of carbonyl (C=O) groups excluding carboxylic acids is 1. The maximum Gasteiger partial charge on any atom is 0.249 e. The van der Waals surface area contributed by atoms with Gasteiger partial charge in [-0.05, 0) is 19.4 Å². The van der Waals surface area contributed by atoms with Crippen molar-refractivity contribution < 1.29 is 13.6 Å².